The summed E-state index contributed by atoms with van der Waals surface area (Å²) in [4.78, 5) is 15.9. The normalized spacial score (nSPS) is 11.4. The Morgan fingerprint density at radius 2 is 0.615 bits per heavy atom. The van der Waals surface area contributed by atoms with Gasteiger partial charge in [0.15, 0.2) is 17.5 Å². The van der Waals surface area contributed by atoms with Crippen LogP contribution in [0.15, 0.2) is 241 Å². The fourth-order valence-corrected chi connectivity index (χ4v) is 9.14. The maximum Gasteiger partial charge on any atom is 0.164 e. The summed E-state index contributed by atoms with van der Waals surface area (Å²) in [7, 11) is 0. The summed E-state index contributed by atoms with van der Waals surface area (Å²) < 4.78 is 6.77. The first-order chi connectivity index (χ1) is 32.2. The van der Waals surface area contributed by atoms with Crippen molar-refractivity contribution < 1.29 is 4.42 Å². The SMILES string of the molecule is c1ccc(-c2ccc(-c3ccc(-c4nc(-c5ccc(-c6ccccc6)c6ccccc56)nc(-c5cccc6oc7c(-c8ccc(-c9ccccc9)cc8)cccc7c56)n4)cc3)cc2)cc1. The number of hydrogen-bond donors (Lipinski definition) is 0. The van der Waals surface area contributed by atoms with Gasteiger partial charge in [-0.15, -0.1) is 0 Å². The van der Waals surface area contributed by atoms with Gasteiger partial charge >= 0.3 is 0 Å². The molecule has 0 bridgehead atoms. The molecule has 304 valence electrons. The van der Waals surface area contributed by atoms with Crippen LogP contribution in [0.5, 0.6) is 0 Å². The fourth-order valence-electron chi connectivity index (χ4n) is 9.14. The fraction of sp³-hybridized carbons (Fsp3) is 0. The number of hydrogen-bond acceptors (Lipinski definition) is 4. The molecule has 0 aliphatic carbocycles. The van der Waals surface area contributed by atoms with Gasteiger partial charge in [-0.3, -0.25) is 0 Å². The molecule has 65 heavy (non-hydrogen) atoms. The van der Waals surface area contributed by atoms with Crippen LogP contribution in [0.4, 0.5) is 0 Å². The van der Waals surface area contributed by atoms with E-state index in [9.17, 15) is 0 Å². The van der Waals surface area contributed by atoms with Crippen LogP contribution in [0, 0.1) is 0 Å². The van der Waals surface area contributed by atoms with Gasteiger partial charge in [-0.25, -0.2) is 15.0 Å². The standard InChI is InChI=1S/C61H39N3O/c1-4-14-40(15-5-1)42-26-28-44(29-27-42)45-32-36-48(37-33-45)59-62-60(53-39-38-49(46-18-8-3-9-19-46)51-20-10-11-21-52(51)53)64-61(63-59)55-24-13-25-56-57(55)54-23-12-22-50(58(54)65-56)47-34-30-43(31-35-47)41-16-6-2-7-17-41/h1-39H. The quantitative estimate of drug-likeness (QED) is 0.153. The lowest BCUT2D eigenvalue weighted by Gasteiger charge is -2.13. The van der Waals surface area contributed by atoms with Crippen LogP contribution < -0.4 is 0 Å². The van der Waals surface area contributed by atoms with E-state index in [2.05, 4.69) is 212 Å². The number of furan rings is 1. The molecular formula is C61H39N3O. The highest BCUT2D eigenvalue weighted by molar-refractivity contribution is 6.15. The zero-order chi connectivity index (χ0) is 43.1. The molecule has 0 atom stereocenters. The molecule has 0 aliphatic rings. The van der Waals surface area contributed by atoms with E-state index in [0.717, 1.165) is 82.8 Å². The molecule has 0 radical (unpaired) electrons. The summed E-state index contributed by atoms with van der Waals surface area (Å²) in [6, 6.07) is 82.8. The molecule has 0 saturated heterocycles. The molecule has 0 N–H and O–H groups in total. The predicted molar refractivity (Wildman–Crippen MR) is 268 cm³/mol. The molecule has 10 aromatic carbocycles. The highest BCUT2D eigenvalue weighted by Gasteiger charge is 2.21. The molecule has 0 amide bonds. The van der Waals surface area contributed by atoms with Crippen molar-refractivity contribution in [2.45, 2.75) is 0 Å². The van der Waals surface area contributed by atoms with E-state index >= 15 is 0 Å². The lowest BCUT2D eigenvalue weighted by Crippen LogP contribution is -2.01. The summed E-state index contributed by atoms with van der Waals surface area (Å²) in [5, 5.41) is 4.17. The Hall–Kier alpha value is -8.73. The minimum Gasteiger partial charge on any atom is -0.455 e. The topological polar surface area (TPSA) is 51.8 Å². The highest BCUT2D eigenvalue weighted by Crippen LogP contribution is 2.42. The van der Waals surface area contributed by atoms with E-state index in [-0.39, 0.29) is 0 Å². The van der Waals surface area contributed by atoms with E-state index in [1.54, 1.807) is 0 Å². The first-order valence-electron chi connectivity index (χ1n) is 21.9. The van der Waals surface area contributed by atoms with Gasteiger partial charge in [0.1, 0.15) is 11.2 Å². The van der Waals surface area contributed by atoms with E-state index in [0.29, 0.717) is 17.5 Å². The van der Waals surface area contributed by atoms with E-state index < -0.39 is 0 Å². The Labute approximate surface area is 376 Å². The van der Waals surface area contributed by atoms with Gasteiger partial charge in [0.25, 0.3) is 0 Å². The van der Waals surface area contributed by atoms with Crippen molar-refractivity contribution in [2.75, 3.05) is 0 Å². The Kier molecular flexibility index (Phi) is 9.46. The molecule has 12 rings (SSSR count). The largest absolute Gasteiger partial charge is 0.455 e. The molecule has 4 heteroatoms. The molecule has 2 aromatic heterocycles. The number of para-hydroxylation sites is 1. The van der Waals surface area contributed by atoms with Crippen molar-refractivity contribution in [1.82, 2.24) is 15.0 Å². The van der Waals surface area contributed by atoms with Gasteiger partial charge in [0, 0.05) is 33.0 Å². The zero-order valence-corrected chi connectivity index (χ0v) is 35.3. The Morgan fingerprint density at radius 1 is 0.231 bits per heavy atom. The third-order valence-electron chi connectivity index (χ3n) is 12.4. The number of nitrogens with zero attached hydrogens (tertiary/aromatic N) is 3. The molecule has 12 aromatic rings. The van der Waals surface area contributed by atoms with Gasteiger partial charge in [0.2, 0.25) is 0 Å². The van der Waals surface area contributed by atoms with Crippen LogP contribution in [-0.2, 0) is 0 Å². The summed E-state index contributed by atoms with van der Waals surface area (Å²) in [6.07, 6.45) is 0. The van der Waals surface area contributed by atoms with Crippen molar-refractivity contribution in [2.24, 2.45) is 0 Å². The predicted octanol–water partition coefficient (Wildman–Crippen LogP) is 16.3. The van der Waals surface area contributed by atoms with Crippen LogP contribution in [0.3, 0.4) is 0 Å². The lowest BCUT2D eigenvalue weighted by molar-refractivity contribution is 0.670. The molecule has 0 spiro atoms. The number of rotatable bonds is 8. The second-order valence-corrected chi connectivity index (χ2v) is 16.3. The van der Waals surface area contributed by atoms with Crippen molar-refractivity contribution in [1.29, 1.82) is 0 Å². The average Bonchev–Trinajstić information content (AvgIpc) is 3.79. The molecule has 0 unspecified atom stereocenters. The zero-order valence-electron chi connectivity index (χ0n) is 35.3. The molecular weight excluding hydrogens is 791 g/mol. The summed E-state index contributed by atoms with van der Waals surface area (Å²) in [6.45, 7) is 0. The van der Waals surface area contributed by atoms with Crippen molar-refractivity contribution in [3.05, 3.63) is 237 Å². The van der Waals surface area contributed by atoms with Gasteiger partial charge < -0.3 is 4.42 Å². The summed E-state index contributed by atoms with van der Waals surface area (Å²) >= 11 is 0. The Morgan fingerprint density at radius 3 is 1.20 bits per heavy atom. The third-order valence-corrected chi connectivity index (χ3v) is 12.4. The average molecular weight is 830 g/mol. The molecule has 4 nitrogen and oxygen atoms in total. The molecule has 0 saturated carbocycles. The van der Waals surface area contributed by atoms with E-state index in [1.807, 2.05) is 24.3 Å². The van der Waals surface area contributed by atoms with E-state index in [4.69, 9.17) is 19.4 Å². The van der Waals surface area contributed by atoms with Gasteiger partial charge in [-0.1, -0.05) is 224 Å². The Balaban J connectivity index is 0.998. The van der Waals surface area contributed by atoms with Crippen molar-refractivity contribution in [3.63, 3.8) is 0 Å². The van der Waals surface area contributed by atoms with Crippen LogP contribution in [-0.4, -0.2) is 15.0 Å². The van der Waals surface area contributed by atoms with Crippen molar-refractivity contribution >= 4 is 32.7 Å². The monoisotopic (exact) mass is 829 g/mol. The van der Waals surface area contributed by atoms with Crippen LogP contribution in [0.25, 0.3) is 123 Å². The first kappa shape index (κ1) is 38.0. The smallest absolute Gasteiger partial charge is 0.164 e. The number of fused-ring (bicyclic) bond motifs is 4. The lowest BCUT2D eigenvalue weighted by atomic mass is 9.94. The Bertz CT molecular complexity index is 3660. The second-order valence-electron chi connectivity index (χ2n) is 16.3. The third kappa shape index (κ3) is 7.04. The van der Waals surface area contributed by atoms with Crippen LogP contribution in [0.2, 0.25) is 0 Å². The summed E-state index contributed by atoms with van der Waals surface area (Å²) in [5.41, 5.74) is 15.7. The number of aromatic nitrogens is 3. The number of benzene rings is 10. The second kappa shape index (κ2) is 16.2. The minimum atomic E-state index is 0.577. The first-order valence-corrected chi connectivity index (χ1v) is 21.9. The van der Waals surface area contributed by atoms with Gasteiger partial charge in [0.05, 0.1) is 0 Å². The van der Waals surface area contributed by atoms with Crippen LogP contribution in [0.1, 0.15) is 0 Å². The minimum absolute atomic E-state index is 0.577. The maximum absolute atomic E-state index is 6.77. The molecule has 2 heterocycles. The van der Waals surface area contributed by atoms with Crippen LogP contribution >= 0.6 is 0 Å². The van der Waals surface area contributed by atoms with E-state index in [1.165, 1.54) is 22.3 Å². The molecule has 0 fully saturated rings. The van der Waals surface area contributed by atoms with Crippen molar-refractivity contribution in [3.8, 4) is 89.8 Å². The van der Waals surface area contributed by atoms with Gasteiger partial charge in [-0.2, -0.15) is 0 Å². The highest BCUT2D eigenvalue weighted by atomic mass is 16.3. The summed E-state index contributed by atoms with van der Waals surface area (Å²) in [5.74, 6) is 1.77. The molecule has 0 aliphatic heterocycles. The van der Waals surface area contributed by atoms with Gasteiger partial charge in [-0.05, 0) is 73.0 Å². The maximum atomic E-state index is 6.77.